The maximum absolute atomic E-state index is 12.6. The minimum atomic E-state index is -0.483. The first-order valence-electron chi connectivity index (χ1n) is 12.4. The Kier molecular flexibility index (Phi) is 7.16. The number of benzene rings is 2. The zero-order valence-corrected chi connectivity index (χ0v) is 20.9. The number of ether oxygens (including phenoxy) is 2. The zero-order valence-electron chi connectivity index (χ0n) is 20.9. The van der Waals surface area contributed by atoms with Crippen LogP contribution in [0.25, 0.3) is 0 Å². The number of piperazine rings is 1. The lowest BCUT2D eigenvalue weighted by molar-refractivity contribution is 0.229. The first-order valence-corrected chi connectivity index (χ1v) is 12.4. The molecule has 1 aromatic heterocycles. The highest BCUT2D eigenvalue weighted by Crippen LogP contribution is 2.34. The van der Waals surface area contributed by atoms with Crippen molar-refractivity contribution in [3.63, 3.8) is 0 Å². The molecule has 8 heteroatoms. The lowest BCUT2D eigenvalue weighted by Gasteiger charge is -2.36. The van der Waals surface area contributed by atoms with Crippen molar-refractivity contribution in [3.05, 3.63) is 81.4 Å². The summed E-state index contributed by atoms with van der Waals surface area (Å²) >= 11 is 0. The van der Waals surface area contributed by atoms with E-state index in [1.54, 1.807) is 14.2 Å². The van der Waals surface area contributed by atoms with Gasteiger partial charge in [-0.2, -0.15) is 0 Å². The van der Waals surface area contributed by atoms with Gasteiger partial charge in [-0.1, -0.05) is 18.2 Å². The Morgan fingerprint density at radius 3 is 2.28 bits per heavy atom. The topological polar surface area (TPSA) is 78.6 Å². The van der Waals surface area contributed by atoms with Gasteiger partial charge in [0.2, 0.25) is 0 Å². The Bertz CT molecular complexity index is 1250. The highest BCUT2D eigenvalue weighted by molar-refractivity contribution is 5.48. The number of methoxy groups -OCH3 is 2. The number of hydrogen-bond acceptors (Lipinski definition) is 8. The van der Waals surface area contributed by atoms with Gasteiger partial charge in [-0.3, -0.25) is 9.80 Å². The molecule has 0 bridgehead atoms. The van der Waals surface area contributed by atoms with E-state index in [2.05, 4.69) is 39.0 Å². The summed E-state index contributed by atoms with van der Waals surface area (Å²) in [5, 5.41) is 11.0. The van der Waals surface area contributed by atoms with Crippen molar-refractivity contribution in [2.75, 3.05) is 51.8 Å². The Morgan fingerprint density at radius 1 is 0.889 bits per heavy atom. The molecule has 1 N–H and O–H groups in total. The number of aromatic hydroxyl groups is 1. The molecule has 3 heterocycles. The van der Waals surface area contributed by atoms with E-state index in [0.29, 0.717) is 36.5 Å². The van der Waals surface area contributed by atoms with Crippen LogP contribution in [0.3, 0.4) is 0 Å². The van der Waals surface area contributed by atoms with Crippen LogP contribution < -0.4 is 20.0 Å². The van der Waals surface area contributed by atoms with E-state index in [-0.39, 0.29) is 5.75 Å². The molecule has 36 heavy (non-hydrogen) atoms. The van der Waals surface area contributed by atoms with Gasteiger partial charge in [0.1, 0.15) is 12.0 Å². The van der Waals surface area contributed by atoms with Crippen LogP contribution in [0, 0.1) is 0 Å². The first kappa shape index (κ1) is 24.2. The van der Waals surface area contributed by atoms with Crippen molar-refractivity contribution < 1.29 is 19.0 Å². The van der Waals surface area contributed by atoms with Gasteiger partial charge >= 0.3 is 5.63 Å². The Morgan fingerprint density at radius 2 is 1.58 bits per heavy atom. The second-order valence-electron chi connectivity index (χ2n) is 9.41. The fourth-order valence-electron chi connectivity index (χ4n) is 5.14. The van der Waals surface area contributed by atoms with Crippen molar-refractivity contribution in [1.29, 1.82) is 0 Å². The van der Waals surface area contributed by atoms with E-state index < -0.39 is 5.63 Å². The summed E-state index contributed by atoms with van der Waals surface area (Å²) < 4.78 is 16.2. The number of para-hydroxylation sites is 1. The third kappa shape index (κ3) is 5.05. The third-order valence-corrected chi connectivity index (χ3v) is 7.21. The molecule has 0 saturated carbocycles. The fourth-order valence-corrected chi connectivity index (χ4v) is 5.14. The molecule has 0 spiro atoms. The van der Waals surface area contributed by atoms with E-state index in [9.17, 15) is 9.90 Å². The van der Waals surface area contributed by atoms with Crippen LogP contribution in [0.15, 0.2) is 57.9 Å². The predicted molar refractivity (Wildman–Crippen MR) is 138 cm³/mol. The van der Waals surface area contributed by atoms with Crippen molar-refractivity contribution in [3.8, 4) is 17.2 Å². The van der Waals surface area contributed by atoms with Crippen molar-refractivity contribution in [1.82, 2.24) is 9.80 Å². The maximum atomic E-state index is 12.6. The van der Waals surface area contributed by atoms with E-state index >= 15 is 0 Å². The molecule has 5 rings (SSSR count). The molecular weight excluding hydrogens is 458 g/mol. The molecule has 0 unspecified atom stereocenters. The van der Waals surface area contributed by atoms with E-state index in [0.717, 1.165) is 50.5 Å². The molecule has 8 nitrogen and oxygen atoms in total. The Labute approximate surface area is 211 Å². The normalized spacial score (nSPS) is 16.6. The quantitative estimate of drug-likeness (QED) is 0.540. The number of nitrogens with zero attached hydrogens (tertiary/aromatic N) is 3. The highest BCUT2D eigenvalue weighted by Gasteiger charge is 2.24. The lowest BCUT2D eigenvalue weighted by atomic mass is 9.98. The van der Waals surface area contributed by atoms with Gasteiger partial charge in [-0.15, -0.1) is 0 Å². The van der Waals surface area contributed by atoms with Crippen LogP contribution in [-0.2, 0) is 26.1 Å². The van der Waals surface area contributed by atoms with Crippen molar-refractivity contribution in [2.24, 2.45) is 0 Å². The fraction of sp³-hybridized carbons (Fsp3) is 0.393. The van der Waals surface area contributed by atoms with E-state index in [1.807, 2.05) is 18.2 Å². The lowest BCUT2D eigenvalue weighted by Crippen LogP contribution is -2.46. The van der Waals surface area contributed by atoms with E-state index in [4.69, 9.17) is 13.9 Å². The SMILES string of the molecule is COc1cc2c(cc1OC)CN(Cc1c(O)c(CN3CCN(c4ccccc4)CC3)coc1=O)CC2. The van der Waals surface area contributed by atoms with Crippen LogP contribution in [0.1, 0.15) is 22.3 Å². The van der Waals surface area contributed by atoms with Gasteiger partial charge in [0.15, 0.2) is 11.5 Å². The zero-order chi connectivity index (χ0) is 25.1. The second kappa shape index (κ2) is 10.6. The van der Waals surface area contributed by atoms with Gasteiger partial charge in [0.25, 0.3) is 0 Å². The summed E-state index contributed by atoms with van der Waals surface area (Å²) in [5.74, 6) is 1.46. The van der Waals surface area contributed by atoms with Crippen molar-refractivity contribution in [2.45, 2.75) is 26.1 Å². The number of fused-ring (bicyclic) bond motifs is 1. The second-order valence-corrected chi connectivity index (χ2v) is 9.41. The van der Waals surface area contributed by atoms with Crippen molar-refractivity contribution >= 4 is 5.69 Å². The summed E-state index contributed by atoms with van der Waals surface area (Å²) in [6.07, 6.45) is 2.24. The molecule has 2 aromatic carbocycles. The molecule has 190 valence electrons. The number of hydrogen-bond donors (Lipinski definition) is 1. The first-order chi connectivity index (χ1) is 17.6. The number of rotatable bonds is 7. The van der Waals surface area contributed by atoms with Crippen LogP contribution in [0.5, 0.6) is 17.2 Å². The van der Waals surface area contributed by atoms with Crippen LogP contribution in [0.4, 0.5) is 5.69 Å². The number of anilines is 1. The predicted octanol–water partition coefficient (Wildman–Crippen LogP) is 3.24. The van der Waals surface area contributed by atoms with Gasteiger partial charge < -0.3 is 23.9 Å². The molecule has 0 radical (unpaired) electrons. The molecular formula is C28H33N3O5. The van der Waals surface area contributed by atoms with Crippen LogP contribution in [-0.4, -0.2) is 61.8 Å². The van der Waals surface area contributed by atoms with Gasteiger partial charge in [-0.25, -0.2) is 4.79 Å². The Balaban J connectivity index is 1.25. The van der Waals surface area contributed by atoms with Crippen LogP contribution in [0.2, 0.25) is 0 Å². The highest BCUT2D eigenvalue weighted by atomic mass is 16.5. The molecule has 1 fully saturated rings. The molecule has 0 aliphatic carbocycles. The Hall–Kier alpha value is -3.49. The molecule has 0 amide bonds. The average molecular weight is 492 g/mol. The smallest absolute Gasteiger partial charge is 0.343 e. The molecule has 1 saturated heterocycles. The summed E-state index contributed by atoms with van der Waals surface area (Å²) in [5.41, 5.74) is 4.06. The molecule has 2 aliphatic heterocycles. The summed E-state index contributed by atoms with van der Waals surface area (Å²) in [7, 11) is 3.26. The maximum Gasteiger partial charge on any atom is 0.343 e. The van der Waals surface area contributed by atoms with Gasteiger partial charge in [-0.05, 0) is 41.8 Å². The molecule has 3 aromatic rings. The third-order valence-electron chi connectivity index (χ3n) is 7.21. The monoisotopic (exact) mass is 491 g/mol. The van der Waals surface area contributed by atoms with E-state index in [1.165, 1.54) is 17.5 Å². The van der Waals surface area contributed by atoms with Gasteiger partial charge in [0, 0.05) is 63.6 Å². The standard InChI is InChI=1S/C28H33N3O5/c1-34-25-14-20-8-9-30(16-21(20)15-26(25)35-2)18-24-27(32)22(19-36-28(24)33)17-29-10-12-31(13-11-29)23-6-4-3-5-7-23/h3-7,14-15,19,32H,8-13,16-18H2,1-2H3. The minimum Gasteiger partial charge on any atom is -0.507 e. The molecule has 0 atom stereocenters. The minimum absolute atomic E-state index is 0.0508. The summed E-state index contributed by atoms with van der Waals surface area (Å²) in [6.45, 7) is 5.87. The molecule has 2 aliphatic rings. The van der Waals surface area contributed by atoms with Gasteiger partial charge in [0.05, 0.1) is 19.8 Å². The average Bonchev–Trinajstić information content (AvgIpc) is 2.92. The largest absolute Gasteiger partial charge is 0.507 e. The summed E-state index contributed by atoms with van der Waals surface area (Å²) in [4.78, 5) is 19.4. The summed E-state index contributed by atoms with van der Waals surface area (Å²) in [6, 6.07) is 14.4. The van der Waals surface area contributed by atoms with Crippen LogP contribution >= 0.6 is 0 Å².